The summed E-state index contributed by atoms with van der Waals surface area (Å²) >= 11 is 5.98. The van der Waals surface area contributed by atoms with Crippen molar-refractivity contribution >= 4 is 11.6 Å². The summed E-state index contributed by atoms with van der Waals surface area (Å²) in [5, 5.41) is 3.22. The highest BCUT2D eigenvalue weighted by Crippen LogP contribution is 2.29. The van der Waals surface area contributed by atoms with Crippen LogP contribution in [0.3, 0.4) is 0 Å². The molecule has 0 amide bonds. The predicted molar refractivity (Wildman–Crippen MR) is 111 cm³/mol. The zero-order valence-electron chi connectivity index (χ0n) is 16.7. The van der Waals surface area contributed by atoms with Crippen molar-refractivity contribution in [2.45, 2.75) is 59.1 Å². The first-order chi connectivity index (χ1) is 12.4. The Morgan fingerprint density at radius 1 is 0.846 bits per heavy atom. The lowest BCUT2D eigenvalue weighted by atomic mass is 9.85. The first-order valence-electron chi connectivity index (χ1n) is 9.72. The lowest BCUT2D eigenvalue weighted by Gasteiger charge is -2.22. The molecule has 2 nitrogen and oxygen atoms in total. The maximum Gasteiger partial charge on any atom is 0.119 e. The number of benzene rings is 2. The Morgan fingerprint density at radius 2 is 1.42 bits per heavy atom. The van der Waals surface area contributed by atoms with Crippen molar-refractivity contribution in [2.75, 3.05) is 6.54 Å². The molecular formula is C23H33ClNO+. The van der Waals surface area contributed by atoms with Crippen molar-refractivity contribution in [1.29, 1.82) is 0 Å². The molecule has 2 rings (SSSR count). The average Bonchev–Trinajstić information content (AvgIpc) is 2.59. The first kappa shape index (κ1) is 20.8. The van der Waals surface area contributed by atoms with Crippen LogP contribution in [0.4, 0.5) is 0 Å². The van der Waals surface area contributed by atoms with Crippen LogP contribution < -0.4 is 10.1 Å². The Hall–Kier alpha value is -1.51. The minimum Gasteiger partial charge on any atom is -0.491 e. The topological polar surface area (TPSA) is 25.8 Å². The van der Waals surface area contributed by atoms with Gasteiger partial charge in [-0.25, -0.2) is 0 Å². The Bertz CT molecular complexity index is 649. The molecular weight excluding hydrogens is 342 g/mol. The van der Waals surface area contributed by atoms with E-state index < -0.39 is 0 Å². The fourth-order valence-corrected chi connectivity index (χ4v) is 3.50. The third kappa shape index (κ3) is 6.34. The molecule has 0 aromatic heterocycles. The van der Waals surface area contributed by atoms with Gasteiger partial charge in [0.05, 0.1) is 12.6 Å². The number of nitrogens with two attached hydrogens (primary N) is 1. The van der Waals surface area contributed by atoms with Gasteiger partial charge in [0.25, 0.3) is 0 Å². The summed E-state index contributed by atoms with van der Waals surface area (Å²) in [6.07, 6.45) is 1.38. The van der Waals surface area contributed by atoms with Crippen molar-refractivity contribution in [1.82, 2.24) is 0 Å². The molecule has 0 aliphatic rings. The van der Waals surface area contributed by atoms with Gasteiger partial charge >= 0.3 is 0 Å². The molecule has 0 saturated heterocycles. The summed E-state index contributed by atoms with van der Waals surface area (Å²) in [6, 6.07) is 17.3. The van der Waals surface area contributed by atoms with Gasteiger partial charge in [-0.1, -0.05) is 49.7 Å². The van der Waals surface area contributed by atoms with Crippen molar-refractivity contribution in [3.05, 3.63) is 64.7 Å². The van der Waals surface area contributed by atoms with Crippen LogP contribution in [-0.2, 0) is 0 Å². The SMILES string of the molecule is CC(C)Oc1ccc([C@H](CC[NH2+][C@H](C)c2ccc(Cl)cc2)C(C)C)cc1. The van der Waals surface area contributed by atoms with E-state index in [-0.39, 0.29) is 6.10 Å². The normalized spacial score (nSPS) is 13.8. The lowest BCUT2D eigenvalue weighted by Crippen LogP contribution is -2.84. The van der Waals surface area contributed by atoms with Gasteiger partial charge in [0, 0.05) is 17.0 Å². The smallest absolute Gasteiger partial charge is 0.119 e. The van der Waals surface area contributed by atoms with E-state index in [4.69, 9.17) is 16.3 Å². The lowest BCUT2D eigenvalue weighted by molar-refractivity contribution is -0.693. The molecule has 0 aliphatic carbocycles. The molecule has 2 aromatic rings. The van der Waals surface area contributed by atoms with Crippen LogP contribution in [0.25, 0.3) is 0 Å². The van der Waals surface area contributed by atoms with E-state index in [1.54, 1.807) is 0 Å². The van der Waals surface area contributed by atoms with E-state index in [1.165, 1.54) is 17.5 Å². The van der Waals surface area contributed by atoms with Gasteiger partial charge in [0.1, 0.15) is 11.8 Å². The van der Waals surface area contributed by atoms with E-state index in [0.29, 0.717) is 17.9 Å². The van der Waals surface area contributed by atoms with E-state index >= 15 is 0 Å². The van der Waals surface area contributed by atoms with Crippen LogP contribution in [0.15, 0.2) is 48.5 Å². The molecule has 0 radical (unpaired) electrons. The number of ether oxygens (including phenoxy) is 1. The molecule has 0 heterocycles. The summed E-state index contributed by atoms with van der Waals surface area (Å²) in [5.41, 5.74) is 2.73. The molecule has 142 valence electrons. The van der Waals surface area contributed by atoms with E-state index in [1.807, 2.05) is 12.1 Å². The van der Waals surface area contributed by atoms with Crippen LogP contribution in [0, 0.1) is 5.92 Å². The Morgan fingerprint density at radius 3 is 1.96 bits per heavy atom. The molecule has 26 heavy (non-hydrogen) atoms. The zero-order chi connectivity index (χ0) is 19.1. The predicted octanol–water partition coefficient (Wildman–Crippen LogP) is 5.58. The summed E-state index contributed by atoms with van der Waals surface area (Å²) in [5.74, 6) is 2.14. The number of rotatable bonds is 9. The number of halogens is 1. The van der Waals surface area contributed by atoms with Crippen LogP contribution in [0.2, 0.25) is 5.02 Å². The second-order valence-electron chi connectivity index (χ2n) is 7.74. The minimum atomic E-state index is 0.214. The van der Waals surface area contributed by atoms with Gasteiger partial charge in [-0.05, 0) is 62.4 Å². The largest absolute Gasteiger partial charge is 0.491 e. The summed E-state index contributed by atoms with van der Waals surface area (Å²) in [7, 11) is 0. The van der Waals surface area contributed by atoms with Crippen molar-refractivity contribution in [2.24, 2.45) is 5.92 Å². The molecule has 3 heteroatoms. The molecule has 0 spiro atoms. The van der Waals surface area contributed by atoms with E-state index in [9.17, 15) is 0 Å². The van der Waals surface area contributed by atoms with Crippen LogP contribution in [0.5, 0.6) is 5.75 Å². The third-order valence-electron chi connectivity index (χ3n) is 4.88. The quantitative estimate of drug-likeness (QED) is 0.609. The molecule has 2 aromatic carbocycles. The average molecular weight is 375 g/mol. The molecule has 2 N–H and O–H groups in total. The Labute approximate surface area is 163 Å². The minimum absolute atomic E-state index is 0.214. The monoisotopic (exact) mass is 374 g/mol. The fraction of sp³-hybridized carbons (Fsp3) is 0.478. The van der Waals surface area contributed by atoms with E-state index in [2.05, 4.69) is 76.3 Å². The number of quaternary nitrogens is 1. The van der Waals surface area contributed by atoms with Gasteiger partial charge in [-0.2, -0.15) is 0 Å². The second-order valence-corrected chi connectivity index (χ2v) is 8.18. The molecule has 0 saturated carbocycles. The van der Waals surface area contributed by atoms with Gasteiger partial charge in [0.2, 0.25) is 0 Å². The van der Waals surface area contributed by atoms with Crippen LogP contribution in [-0.4, -0.2) is 12.6 Å². The van der Waals surface area contributed by atoms with Crippen LogP contribution >= 0.6 is 11.6 Å². The van der Waals surface area contributed by atoms with Gasteiger partial charge in [-0.3, -0.25) is 0 Å². The third-order valence-corrected chi connectivity index (χ3v) is 5.13. The zero-order valence-corrected chi connectivity index (χ0v) is 17.5. The van der Waals surface area contributed by atoms with Crippen molar-refractivity contribution in [3.63, 3.8) is 0 Å². The fourth-order valence-electron chi connectivity index (χ4n) is 3.38. The molecule has 0 bridgehead atoms. The highest BCUT2D eigenvalue weighted by Gasteiger charge is 2.18. The maximum absolute atomic E-state index is 5.98. The molecule has 2 atom stereocenters. The molecule has 0 aliphatic heterocycles. The van der Waals surface area contributed by atoms with Gasteiger partial charge in [0.15, 0.2) is 0 Å². The standard InChI is InChI=1S/C23H32ClNO/c1-16(2)23(20-8-12-22(13-9-20)26-17(3)4)14-15-25-18(5)19-6-10-21(24)11-7-19/h6-13,16-18,23,25H,14-15H2,1-5H3/p+1/t18-,23-/m1/s1. The van der Waals surface area contributed by atoms with Gasteiger partial charge < -0.3 is 10.1 Å². The van der Waals surface area contributed by atoms with Crippen molar-refractivity contribution < 1.29 is 10.1 Å². The first-order valence-corrected chi connectivity index (χ1v) is 10.1. The summed E-state index contributed by atoms with van der Waals surface area (Å²) < 4.78 is 5.76. The molecule has 0 unspecified atom stereocenters. The number of hydrogen-bond acceptors (Lipinski definition) is 1. The highest BCUT2D eigenvalue weighted by atomic mass is 35.5. The van der Waals surface area contributed by atoms with Crippen molar-refractivity contribution in [3.8, 4) is 5.75 Å². The number of hydrogen-bond donors (Lipinski definition) is 1. The molecule has 0 fully saturated rings. The Balaban J connectivity index is 1.92. The summed E-state index contributed by atoms with van der Waals surface area (Å²) in [6.45, 7) is 12.1. The Kier molecular flexibility index (Phi) is 7.99. The van der Waals surface area contributed by atoms with Crippen LogP contribution in [0.1, 0.15) is 64.1 Å². The van der Waals surface area contributed by atoms with Gasteiger partial charge in [-0.15, -0.1) is 0 Å². The summed E-state index contributed by atoms with van der Waals surface area (Å²) in [4.78, 5) is 0. The maximum atomic E-state index is 5.98. The highest BCUT2D eigenvalue weighted by molar-refractivity contribution is 6.30. The van der Waals surface area contributed by atoms with E-state index in [0.717, 1.165) is 17.3 Å². The second kappa shape index (κ2) is 9.99.